The highest BCUT2D eigenvalue weighted by Gasteiger charge is 2.51. The quantitative estimate of drug-likeness (QED) is 0.419. The van der Waals surface area contributed by atoms with Crippen LogP contribution in [0.2, 0.25) is 0 Å². The number of carbonyl (C=O) groups is 3. The first-order valence-corrected chi connectivity index (χ1v) is 14.8. The Bertz CT molecular complexity index is 874. The number of amides is 1. The minimum absolute atomic E-state index is 0.0718. The maximum absolute atomic E-state index is 13.6. The number of carbonyl (C=O) groups excluding carboxylic acids is 2. The predicted octanol–water partition coefficient (Wildman–Crippen LogP) is 1.59. The molecule has 3 aliphatic rings. The van der Waals surface area contributed by atoms with E-state index in [1.807, 2.05) is 0 Å². The number of carboxylic acids is 1. The molecule has 1 aliphatic carbocycles. The van der Waals surface area contributed by atoms with Gasteiger partial charge in [-0.15, -0.1) is 0 Å². The van der Waals surface area contributed by atoms with Gasteiger partial charge in [-0.3, -0.25) is 14.9 Å². The fraction of sp³-hybridized carbons (Fsp3) is 0.875. The molecule has 0 aromatic rings. The number of carboxylic acid groups (broad SMARTS) is 1. The van der Waals surface area contributed by atoms with Gasteiger partial charge in [0, 0.05) is 19.1 Å². The number of hydrogen-bond acceptors (Lipinski definition) is 7. The third-order valence-electron chi connectivity index (χ3n) is 7.89. The highest BCUT2D eigenvalue weighted by atomic mass is 32.2. The molecule has 2 saturated heterocycles. The summed E-state index contributed by atoms with van der Waals surface area (Å²) in [5.41, 5.74) is 0. The van der Waals surface area contributed by atoms with Gasteiger partial charge in [-0.05, 0) is 51.4 Å². The van der Waals surface area contributed by atoms with Crippen LogP contribution in [0.25, 0.3) is 0 Å². The van der Waals surface area contributed by atoms with Crippen LogP contribution in [0.3, 0.4) is 0 Å². The van der Waals surface area contributed by atoms with Gasteiger partial charge < -0.3 is 14.7 Å². The van der Waals surface area contributed by atoms with E-state index in [-0.39, 0.29) is 19.1 Å². The molecule has 2 aliphatic heterocycles. The molecule has 2 N–H and O–H groups in total. The van der Waals surface area contributed by atoms with Gasteiger partial charge in [-0.25, -0.2) is 17.5 Å². The summed E-state index contributed by atoms with van der Waals surface area (Å²) in [6.45, 7) is 4.03. The molecule has 4 unspecified atom stereocenters. The lowest BCUT2D eigenvalue weighted by molar-refractivity contribution is -0.152. The monoisotopic (exact) mass is 515 g/mol. The highest BCUT2D eigenvalue weighted by Crippen LogP contribution is 2.37. The maximum atomic E-state index is 13.6. The van der Waals surface area contributed by atoms with Crippen LogP contribution in [0.5, 0.6) is 0 Å². The van der Waals surface area contributed by atoms with Crippen molar-refractivity contribution in [3.8, 4) is 0 Å². The van der Waals surface area contributed by atoms with Gasteiger partial charge in [0.15, 0.2) is 0 Å². The molecule has 0 bridgehead atoms. The molecule has 1 amide bonds. The Labute approximate surface area is 208 Å². The van der Waals surface area contributed by atoms with Crippen LogP contribution >= 0.6 is 0 Å². The molecule has 11 heteroatoms. The molecule has 3 rings (SSSR count). The van der Waals surface area contributed by atoms with E-state index in [4.69, 9.17) is 4.74 Å². The van der Waals surface area contributed by atoms with Crippen molar-refractivity contribution in [1.82, 2.24) is 14.5 Å². The van der Waals surface area contributed by atoms with Crippen molar-refractivity contribution >= 4 is 27.9 Å². The lowest BCUT2D eigenvalue weighted by Crippen LogP contribution is -2.58. The Balaban J connectivity index is 1.72. The molecular formula is C24H41N3O7S. The van der Waals surface area contributed by atoms with E-state index in [2.05, 4.69) is 5.32 Å². The predicted molar refractivity (Wildman–Crippen MR) is 130 cm³/mol. The van der Waals surface area contributed by atoms with Gasteiger partial charge in [0.05, 0.1) is 18.9 Å². The number of likely N-dealkylation sites (tertiary alicyclic amines) is 1. The van der Waals surface area contributed by atoms with Gasteiger partial charge in [0.25, 0.3) is 0 Å². The number of rotatable bonds is 10. The topological polar surface area (TPSA) is 133 Å². The van der Waals surface area contributed by atoms with Crippen LogP contribution in [-0.2, 0) is 29.1 Å². The van der Waals surface area contributed by atoms with Gasteiger partial charge in [-0.1, -0.05) is 32.1 Å². The number of fused-ring (bicyclic) bond motifs is 1. The summed E-state index contributed by atoms with van der Waals surface area (Å²) < 4.78 is 30.8. The van der Waals surface area contributed by atoms with E-state index in [1.165, 1.54) is 28.5 Å². The lowest BCUT2D eigenvalue weighted by atomic mass is 9.85. The zero-order chi connectivity index (χ0) is 25.8. The standard InChI is InChI=1S/C24H41N3O7S/c1-4-34-24(31)19(11-10-17-8-6-5-7-9-17)25-16(2)22(28)27-20(23(29)30)14-18-12-13-26(15-21(18)27)35(3,32)33/h16-21,25H,4-15H2,1-3H3,(H,29,30)/t16-,18?,19?,20?,21?/m0/s1. The zero-order valence-corrected chi connectivity index (χ0v) is 22.0. The SMILES string of the molecule is CCOC(=O)C(CCC1CCCCC1)N[C@@H](C)C(=O)N1C(C(=O)O)CC2CCN(S(C)(=O)=O)CC21. The second kappa shape index (κ2) is 12.0. The number of hydrogen-bond donors (Lipinski definition) is 2. The highest BCUT2D eigenvalue weighted by molar-refractivity contribution is 7.88. The van der Waals surface area contributed by atoms with Crippen molar-refractivity contribution in [1.29, 1.82) is 0 Å². The summed E-state index contributed by atoms with van der Waals surface area (Å²) in [4.78, 5) is 39.6. The molecule has 1 saturated carbocycles. The summed E-state index contributed by atoms with van der Waals surface area (Å²) in [5.74, 6) is -1.43. The Morgan fingerprint density at radius 2 is 1.83 bits per heavy atom. The largest absolute Gasteiger partial charge is 0.480 e. The Hall–Kier alpha value is -1.72. The first-order valence-electron chi connectivity index (χ1n) is 13.0. The molecule has 0 aromatic carbocycles. The number of nitrogens with zero attached hydrogens (tertiary/aromatic N) is 2. The second-order valence-electron chi connectivity index (χ2n) is 10.3. The number of ether oxygens (including phenoxy) is 1. The van der Waals surface area contributed by atoms with Gasteiger partial charge in [-0.2, -0.15) is 0 Å². The third kappa shape index (κ3) is 6.95. The first kappa shape index (κ1) is 27.9. The molecular weight excluding hydrogens is 474 g/mol. The minimum Gasteiger partial charge on any atom is -0.480 e. The fourth-order valence-electron chi connectivity index (χ4n) is 6.00. The molecule has 35 heavy (non-hydrogen) atoms. The number of sulfonamides is 1. The zero-order valence-electron chi connectivity index (χ0n) is 21.1. The number of nitrogens with one attached hydrogen (secondary N) is 1. The van der Waals surface area contributed by atoms with Crippen LogP contribution < -0.4 is 5.32 Å². The normalized spacial score (nSPS) is 27.7. The van der Waals surface area contributed by atoms with Crippen molar-refractivity contribution in [2.45, 2.75) is 95.8 Å². The van der Waals surface area contributed by atoms with Crippen molar-refractivity contribution < 1.29 is 32.6 Å². The van der Waals surface area contributed by atoms with Crippen molar-refractivity contribution in [3.05, 3.63) is 0 Å². The van der Waals surface area contributed by atoms with Crippen LogP contribution in [-0.4, -0.2) is 90.7 Å². The number of piperidine rings is 1. The molecule has 2 heterocycles. The molecule has 0 spiro atoms. The van der Waals surface area contributed by atoms with E-state index < -0.39 is 52.0 Å². The molecule has 200 valence electrons. The summed E-state index contributed by atoms with van der Waals surface area (Å²) in [7, 11) is -3.46. The molecule has 10 nitrogen and oxygen atoms in total. The Morgan fingerprint density at radius 3 is 2.43 bits per heavy atom. The van der Waals surface area contributed by atoms with Crippen LogP contribution in [0, 0.1) is 11.8 Å². The smallest absolute Gasteiger partial charge is 0.326 e. The first-order chi connectivity index (χ1) is 16.5. The summed E-state index contributed by atoms with van der Waals surface area (Å²) in [5, 5.41) is 13.0. The van der Waals surface area contributed by atoms with Crippen LogP contribution in [0.4, 0.5) is 0 Å². The molecule has 0 aromatic heterocycles. The number of esters is 1. The van der Waals surface area contributed by atoms with Crippen LogP contribution in [0.15, 0.2) is 0 Å². The van der Waals surface area contributed by atoms with E-state index in [9.17, 15) is 27.9 Å². The maximum Gasteiger partial charge on any atom is 0.326 e. The molecule has 5 atom stereocenters. The summed E-state index contributed by atoms with van der Waals surface area (Å²) in [6.07, 6.45) is 9.33. The van der Waals surface area contributed by atoms with E-state index >= 15 is 0 Å². The molecule has 3 fully saturated rings. The third-order valence-corrected chi connectivity index (χ3v) is 9.16. The van der Waals surface area contributed by atoms with Crippen LogP contribution in [0.1, 0.15) is 71.6 Å². The lowest BCUT2D eigenvalue weighted by Gasteiger charge is -2.39. The van der Waals surface area contributed by atoms with Gasteiger partial charge >= 0.3 is 11.9 Å². The Kier molecular flexibility index (Phi) is 9.56. The van der Waals surface area contributed by atoms with E-state index in [1.54, 1.807) is 13.8 Å². The average Bonchev–Trinajstić information content (AvgIpc) is 3.20. The van der Waals surface area contributed by atoms with Crippen molar-refractivity contribution in [2.75, 3.05) is 26.0 Å². The average molecular weight is 516 g/mol. The Morgan fingerprint density at radius 1 is 1.14 bits per heavy atom. The molecule has 0 radical (unpaired) electrons. The van der Waals surface area contributed by atoms with Crippen molar-refractivity contribution in [2.24, 2.45) is 11.8 Å². The number of aliphatic carboxylic acids is 1. The van der Waals surface area contributed by atoms with E-state index in [0.717, 1.165) is 25.5 Å². The summed E-state index contributed by atoms with van der Waals surface area (Å²) in [6, 6.07) is -2.98. The van der Waals surface area contributed by atoms with Gasteiger partial charge in [0.1, 0.15) is 12.1 Å². The van der Waals surface area contributed by atoms with Gasteiger partial charge in [0.2, 0.25) is 15.9 Å². The summed E-state index contributed by atoms with van der Waals surface area (Å²) >= 11 is 0. The fourth-order valence-corrected chi connectivity index (χ4v) is 6.86. The second-order valence-corrected chi connectivity index (χ2v) is 12.3. The minimum atomic E-state index is -3.46. The van der Waals surface area contributed by atoms with Crippen molar-refractivity contribution in [3.63, 3.8) is 0 Å². The van der Waals surface area contributed by atoms with E-state index in [0.29, 0.717) is 31.7 Å².